The number of alkyl halides is 1. The molecule has 5 atom stereocenters. The molecule has 0 aliphatic heterocycles. The van der Waals surface area contributed by atoms with Crippen molar-refractivity contribution in [3.63, 3.8) is 0 Å². The summed E-state index contributed by atoms with van der Waals surface area (Å²) in [6, 6.07) is 29.8. The largest absolute Gasteiger partial charge is 0.489 e. The smallest absolute Gasteiger partial charge is 0.254 e. The van der Waals surface area contributed by atoms with E-state index in [1.165, 1.54) is 12.1 Å². The number of amides is 3. The highest BCUT2D eigenvalue weighted by Gasteiger charge is 2.36. The van der Waals surface area contributed by atoms with Crippen LogP contribution in [0.5, 0.6) is 5.75 Å². The topological polar surface area (TPSA) is 143 Å². The van der Waals surface area contributed by atoms with Crippen LogP contribution in [0.4, 0.5) is 4.39 Å². The van der Waals surface area contributed by atoms with Gasteiger partial charge in [0.05, 0.1) is 25.7 Å². The standard InChI is InChI=1S/C43H50FN3O7/c1-28(2)35(27-53-25-30-14-8-5-9-15-30)45-37(49)24-36(48)40(38(44)32-20-22-34(23-21-32)54-26-31-16-10-6-11-17-31)47-42(51)39(29(3)4)46-43(52)41(50)33-18-12-7-13-19-33/h5-23,28-29,35,38-41,50H,24-27H2,1-4H3,(H,45,49)(H,46,52)(H,47,51)/t35?,38?,39-,40?,41?/m1/s1. The molecule has 0 saturated carbocycles. The van der Waals surface area contributed by atoms with Crippen molar-refractivity contribution >= 4 is 23.5 Å². The molecule has 10 nitrogen and oxygen atoms in total. The van der Waals surface area contributed by atoms with Crippen LogP contribution in [0, 0.1) is 11.8 Å². The van der Waals surface area contributed by atoms with Crippen molar-refractivity contribution in [1.82, 2.24) is 16.0 Å². The maximum Gasteiger partial charge on any atom is 0.254 e. The summed E-state index contributed by atoms with van der Waals surface area (Å²) in [4.78, 5) is 53.8. The number of carbonyl (C=O) groups excluding carboxylic acids is 4. The van der Waals surface area contributed by atoms with E-state index in [4.69, 9.17) is 9.47 Å². The number of aliphatic hydroxyl groups is 1. The molecular weight excluding hydrogens is 689 g/mol. The second kappa shape index (κ2) is 20.7. The Labute approximate surface area is 316 Å². The molecule has 4 aromatic carbocycles. The molecule has 0 bridgehead atoms. The highest BCUT2D eigenvalue weighted by Crippen LogP contribution is 2.26. The van der Waals surface area contributed by atoms with Crippen LogP contribution < -0.4 is 20.7 Å². The molecule has 11 heteroatoms. The van der Waals surface area contributed by atoms with E-state index in [0.717, 1.165) is 11.1 Å². The first-order chi connectivity index (χ1) is 25.9. The monoisotopic (exact) mass is 739 g/mol. The van der Waals surface area contributed by atoms with E-state index in [1.54, 1.807) is 56.3 Å². The van der Waals surface area contributed by atoms with Gasteiger partial charge in [0.1, 0.15) is 24.4 Å². The van der Waals surface area contributed by atoms with E-state index < -0.39 is 66.2 Å². The van der Waals surface area contributed by atoms with Crippen LogP contribution in [0.15, 0.2) is 115 Å². The first kappa shape index (κ1) is 41.4. The summed E-state index contributed by atoms with van der Waals surface area (Å²) in [7, 11) is 0. The Bertz CT molecular complexity index is 1770. The van der Waals surface area contributed by atoms with Gasteiger partial charge in [-0.25, -0.2) is 4.39 Å². The van der Waals surface area contributed by atoms with E-state index >= 15 is 4.39 Å². The Morgan fingerprint density at radius 3 is 1.72 bits per heavy atom. The lowest BCUT2D eigenvalue weighted by molar-refractivity contribution is -0.137. The van der Waals surface area contributed by atoms with Crippen LogP contribution in [0.25, 0.3) is 0 Å². The minimum atomic E-state index is -2.06. The van der Waals surface area contributed by atoms with E-state index in [2.05, 4.69) is 16.0 Å². The zero-order valence-electron chi connectivity index (χ0n) is 31.1. The molecule has 3 amide bonds. The highest BCUT2D eigenvalue weighted by atomic mass is 19.1. The normalized spacial score (nSPS) is 14.0. The Hall–Kier alpha value is -5.39. The third-order valence-corrected chi connectivity index (χ3v) is 8.89. The molecule has 4 aromatic rings. The number of nitrogens with one attached hydrogen (secondary N) is 3. The summed E-state index contributed by atoms with van der Waals surface area (Å²) in [6.45, 7) is 7.95. The number of Topliss-reactive ketones (excluding diaryl/α,β-unsaturated/α-hetero) is 1. The molecule has 4 rings (SSSR count). The summed E-state index contributed by atoms with van der Waals surface area (Å²) in [5.74, 6) is -3.31. The van der Waals surface area contributed by atoms with Gasteiger partial charge in [-0.15, -0.1) is 0 Å². The van der Waals surface area contributed by atoms with Gasteiger partial charge in [-0.1, -0.05) is 131 Å². The van der Waals surface area contributed by atoms with Gasteiger partial charge in [-0.05, 0) is 46.2 Å². The summed E-state index contributed by atoms with van der Waals surface area (Å²) >= 11 is 0. The van der Waals surface area contributed by atoms with Crippen LogP contribution in [0.1, 0.15) is 68.6 Å². The lowest BCUT2D eigenvalue weighted by Crippen LogP contribution is -2.55. The summed E-state index contributed by atoms with van der Waals surface area (Å²) < 4.78 is 28.2. The van der Waals surface area contributed by atoms with Crippen molar-refractivity contribution in [3.05, 3.63) is 138 Å². The van der Waals surface area contributed by atoms with E-state index in [0.29, 0.717) is 24.5 Å². The summed E-state index contributed by atoms with van der Waals surface area (Å²) in [5, 5.41) is 18.5. The van der Waals surface area contributed by atoms with Gasteiger partial charge in [-0.3, -0.25) is 19.2 Å². The number of carbonyl (C=O) groups is 4. The fraction of sp³-hybridized carbons (Fsp3) is 0.349. The number of halogens is 1. The van der Waals surface area contributed by atoms with Crippen LogP contribution in [-0.2, 0) is 37.1 Å². The van der Waals surface area contributed by atoms with Gasteiger partial charge < -0.3 is 30.5 Å². The fourth-order valence-electron chi connectivity index (χ4n) is 5.60. The summed E-state index contributed by atoms with van der Waals surface area (Å²) in [5.41, 5.74) is 2.31. The Morgan fingerprint density at radius 1 is 0.630 bits per heavy atom. The van der Waals surface area contributed by atoms with Gasteiger partial charge in [0.25, 0.3) is 5.91 Å². The van der Waals surface area contributed by atoms with Gasteiger partial charge in [0.2, 0.25) is 11.8 Å². The molecule has 4 N–H and O–H groups in total. The van der Waals surface area contributed by atoms with Gasteiger partial charge in [0.15, 0.2) is 18.1 Å². The zero-order chi connectivity index (χ0) is 39.0. The zero-order valence-corrected chi connectivity index (χ0v) is 31.1. The molecule has 0 aliphatic rings. The van der Waals surface area contributed by atoms with Crippen LogP contribution in [0.3, 0.4) is 0 Å². The van der Waals surface area contributed by atoms with Crippen molar-refractivity contribution in [3.8, 4) is 5.75 Å². The molecule has 0 heterocycles. The third kappa shape index (κ3) is 12.6. The van der Waals surface area contributed by atoms with Crippen molar-refractivity contribution in [2.45, 2.75) is 77.7 Å². The fourth-order valence-corrected chi connectivity index (χ4v) is 5.60. The van der Waals surface area contributed by atoms with E-state index in [9.17, 15) is 24.3 Å². The lowest BCUT2D eigenvalue weighted by atomic mass is 9.96. The van der Waals surface area contributed by atoms with Crippen molar-refractivity contribution < 1.29 is 38.1 Å². The molecule has 4 unspecified atom stereocenters. The SMILES string of the molecule is CC(C)C(COCc1ccccc1)NC(=O)CC(=O)C(NC(=O)[C@H](NC(=O)C(O)c1ccccc1)C(C)C)C(F)c1ccc(OCc2ccccc2)cc1. The third-order valence-electron chi connectivity index (χ3n) is 8.89. The number of benzene rings is 4. The first-order valence-electron chi connectivity index (χ1n) is 18.1. The molecule has 0 aliphatic carbocycles. The molecular formula is C43H50FN3O7. The molecule has 0 aromatic heterocycles. The second-order valence-electron chi connectivity index (χ2n) is 13.8. The summed E-state index contributed by atoms with van der Waals surface area (Å²) in [6.07, 6.45) is -4.36. The van der Waals surface area contributed by atoms with Gasteiger partial charge in [0, 0.05) is 0 Å². The van der Waals surface area contributed by atoms with Gasteiger partial charge >= 0.3 is 0 Å². The van der Waals surface area contributed by atoms with Crippen molar-refractivity contribution in [2.75, 3.05) is 6.61 Å². The molecule has 0 fully saturated rings. The van der Waals surface area contributed by atoms with Crippen LogP contribution in [0.2, 0.25) is 0 Å². The predicted molar refractivity (Wildman–Crippen MR) is 204 cm³/mol. The molecule has 54 heavy (non-hydrogen) atoms. The van der Waals surface area contributed by atoms with Crippen molar-refractivity contribution in [1.29, 1.82) is 0 Å². The lowest BCUT2D eigenvalue weighted by Gasteiger charge is -2.28. The number of hydrogen-bond acceptors (Lipinski definition) is 7. The van der Waals surface area contributed by atoms with Crippen LogP contribution in [-0.4, -0.2) is 53.3 Å². The maximum absolute atomic E-state index is 16.5. The molecule has 0 radical (unpaired) electrons. The average Bonchev–Trinajstić information content (AvgIpc) is 3.18. The van der Waals surface area contributed by atoms with E-state index in [1.807, 2.05) is 74.5 Å². The van der Waals surface area contributed by atoms with Crippen molar-refractivity contribution in [2.24, 2.45) is 11.8 Å². The predicted octanol–water partition coefficient (Wildman–Crippen LogP) is 5.95. The second-order valence-corrected chi connectivity index (χ2v) is 13.8. The number of hydrogen-bond donors (Lipinski definition) is 4. The minimum Gasteiger partial charge on any atom is -0.489 e. The van der Waals surface area contributed by atoms with Gasteiger partial charge in [-0.2, -0.15) is 0 Å². The average molecular weight is 740 g/mol. The minimum absolute atomic E-state index is 0.0477. The maximum atomic E-state index is 16.5. The number of ketones is 1. The quantitative estimate of drug-likeness (QED) is 0.0821. The highest BCUT2D eigenvalue weighted by molar-refractivity contribution is 6.03. The van der Waals surface area contributed by atoms with E-state index in [-0.39, 0.29) is 18.1 Å². The Morgan fingerprint density at radius 2 is 1.17 bits per heavy atom. The number of rotatable bonds is 20. The first-order valence-corrected chi connectivity index (χ1v) is 18.1. The number of aliphatic hydroxyl groups excluding tert-OH is 1. The number of ether oxygens (including phenoxy) is 2. The molecule has 0 saturated heterocycles. The Kier molecular flexibility index (Phi) is 15.9. The Balaban J connectivity index is 1.49. The molecule has 286 valence electrons. The molecule has 0 spiro atoms. The van der Waals surface area contributed by atoms with Crippen LogP contribution >= 0.6 is 0 Å².